The summed E-state index contributed by atoms with van der Waals surface area (Å²) >= 11 is 1.19. The van der Waals surface area contributed by atoms with E-state index in [1.54, 1.807) is 24.3 Å². The number of nitrogens with one attached hydrogen (secondary N) is 2. The van der Waals surface area contributed by atoms with Gasteiger partial charge in [-0.1, -0.05) is 18.2 Å². The van der Waals surface area contributed by atoms with E-state index in [9.17, 15) is 22.8 Å². The molecule has 2 aromatic heterocycles. The van der Waals surface area contributed by atoms with Gasteiger partial charge in [0.2, 0.25) is 5.91 Å². The fourth-order valence-electron chi connectivity index (χ4n) is 2.97. The Morgan fingerprint density at radius 2 is 1.67 bits per heavy atom. The number of halogens is 3. The van der Waals surface area contributed by atoms with Gasteiger partial charge < -0.3 is 4.42 Å². The van der Waals surface area contributed by atoms with Crippen LogP contribution < -0.4 is 10.9 Å². The van der Waals surface area contributed by atoms with Crippen molar-refractivity contribution in [1.82, 2.24) is 15.8 Å². The summed E-state index contributed by atoms with van der Waals surface area (Å²) in [5.41, 5.74) is 5.05. The molecule has 0 atom stereocenters. The lowest BCUT2D eigenvalue weighted by Gasteiger charge is -2.05. The number of rotatable bonds is 6. The minimum Gasteiger partial charge on any atom is -0.441 e. The molecule has 4 aromatic rings. The van der Waals surface area contributed by atoms with Crippen LogP contribution in [0.3, 0.4) is 0 Å². The van der Waals surface area contributed by atoms with Crippen molar-refractivity contribution in [2.24, 2.45) is 0 Å². The van der Waals surface area contributed by atoms with Crippen LogP contribution in [-0.2, 0) is 11.2 Å². The van der Waals surface area contributed by atoms with Crippen LogP contribution in [-0.4, -0.2) is 16.8 Å². The lowest BCUT2D eigenvalue weighted by atomic mass is 10.1. The molecule has 0 aliphatic carbocycles. The highest BCUT2D eigenvalue weighted by Gasteiger charge is 2.17. The average Bonchev–Trinajstić information content (AvgIpc) is 3.47. The molecule has 168 valence electrons. The third-order valence-electron chi connectivity index (χ3n) is 4.60. The number of hydrazine groups is 1. The number of aryl methyl sites for hydroxylation is 1. The van der Waals surface area contributed by atoms with E-state index in [-0.39, 0.29) is 35.9 Å². The molecule has 0 fully saturated rings. The molecule has 2 heterocycles. The predicted molar refractivity (Wildman–Crippen MR) is 115 cm³/mol. The Balaban J connectivity index is 1.28. The highest BCUT2D eigenvalue weighted by atomic mass is 32.1. The summed E-state index contributed by atoms with van der Waals surface area (Å²) < 4.78 is 46.1. The summed E-state index contributed by atoms with van der Waals surface area (Å²) in [5, 5.41) is 0. The Morgan fingerprint density at radius 1 is 0.939 bits per heavy atom. The second kappa shape index (κ2) is 9.70. The normalized spacial score (nSPS) is 10.8. The molecule has 6 nitrogen and oxygen atoms in total. The van der Waals surface area contributed by atoms with Gasteiger partial charge in [-0.3, -0.25) is 20.4 Å². The number of aromatic nitrogens is 1. The Kier molecular flexibility index (Phi) is 6.55. The van der Waals surface area contributed by atoms with E-state index < -0.39 is 23.4 Å². The molecule has 0 spiro atoms. The number of amides is 2. The SMILES string of the molecule is O=C(CCc1ncc(-c2c(F)cccc2F)o1)NNC(=O)c1ccc(-c2ccc(F)cc2)s1. The molecule has 0 unspecified atom stereocenters. The first-order chi connectivity index (χ1) is 15.9. The van der Waals surface area contributed by atoms with E-state index in [0.717, 1.165) is 22.6 Å². The zero-order chi connectivity index (χ0) is 23.4. The fraction of sp³-hybridized carbons (Fsp3) is 0.0870. The highest BCUT2D eigenvalue weighted by Crippen LogP contribution is 2.28. The van der Waals surface area contributed by atoms with E-state index in [4.69, 9.17) is 4.42 Å². The monoisotopic (exact) mass is 471 g/mol. The molecule has 0 aliphatic heterocycles. The summed E-state index contributed by atoms with van der Waals surface area (Å²) in [6.45, 7) is 0. The van der Waals surface area contributed by atoms with Crippen LogP contribution in [0.5, 0.6) is 0 Å². The maximum atomic E-state index is 13.8. The summed E-state index contributed by atoms with van der Waals surface area (Å²) in [5.74, 6) is -2.88. The third-order valence-corrected chi connectivity index (χ3v) is 5.74. The largest absolute Gasteiger partial charge is 0.441 e. The molecule has 0 bridgehead atoms. The summed E-state index contributed by atoms with van der Waals surface area (Å²) in [4.78, 5) is 29.4. The van der Waals surface area contributed by atoms with E-state index in [0.29, 0.717) is 4.88 Å². The van der Waals surface area contributed by atoms with Crippen molar-refractivity contribution in [3.05, 3.63) is 89.0 Å². The third kappa shape index (κ3) is 5.29. The average molecular weight is 471 g/mol. The van der Waals surface area contributed by atoms with E-state index in [2.05, 4.69) is 15.8 Å². The van der Waals surface area contributed by atoms with Crippen LogP contribution in [0.15, 0.2) is 65.2 Å². The zero-order valence-electron chi connectivity index (χ0n) is 16.9. The second-order valence-electron chi connectivity index (χ2n) is 6.89. The maximum Gasteiger partial charge on any atom is 0.279 e. The molecule has 4 rings (SSSR count). The smallest absolute Gasteiger partial charge is 0.279 e. The number of oxazole rings is 1. The van der Waals surface area contributed by atoms with Crippen molar-refractivity contribution < 1.29 is 27.2 Å². The summed E-state index contributed by atoms with van der Waals surface area (Å²) in [6, 6.07) is 12.7. The number of carbonyl (C=O) groups excluding carboxylic acids is 2. The van der Waals surface area contributed by atoms with Crippen molar-refractivity contribution in [3.8, 4) is 21.8 Å². The highest BCUT2D eigenvalue weighted by molar-refractivity contribution is 7.17. The molecular formula is C23H16F3N3O3S. The van der Waals surface area contributed by atoms with Gasteiger partial charge in [0.15, 0.2) is 11.7 Å². The molecule has 10 heteroatoms. The molecule has 0 saturated heterocycles. The van der Waals surface area contributed by atoms with Gasteiger partial charge in [0.05, 0.1) is 16.6 Å². The zero-order valence-corrected chi connectivity index (χ0v) is 17.7. The molecule has 2 amide bonds. The van der Waals surface area contributed by atoms with Crippen LogP contribution in [0.2, 0.25) is 0 Å². The Labute approximate surface area is 190 Å². The van der Waals surface area contributed by atoms with Gasteiger partial charge in [-0.05, 0) is 42.0 Å². The van der Waals surface area contributed by atoms with Gasteiger partial charge >= 0.3 is 0 Å². The van der Waals surface area contributed by atoms with Gasteiger partial charge in [-0.25, -0.2) is 18.2 Å². The van der Waals surface area contributed by atoms with E-state index >= 15 is 0 Å². The second-order valence-corrected chi connectivity index (χ2v) is 7.97. The Bertz CT molecular complexity index is 1280. The fourth-order valence-corrected chi connectivity index (χ4v) is 3.88. The van der Waals surface area contributed by atoms with Crippen LogP contribution >= 0.6 is 11.3 Å². The summed E-state index contributed by atoms with van der Waals surface area (Å²) in [6.07, 6.45) is 1.17. The van der Waals surface area contributed by atoms with Crippen LogP contribution in [0.4, 0.5) is 13.2 Å². The van der Waals surface area contributed by atoms with Gasteiger partial charge in [0.1, 0.15) is 17.5 Å². The standard InChI is InChI=1S/C23H16F3N3O3S/c24-14-6-4-13(5-7-14)18-8-9-19(33-18)23(31)29-28-20(30)10-11-21-27-12-17(32-21)22-15(25)2-1-3-16(22)26/h1-9,12H,10-11H2,(H,28,30)(H,29,31). The van der Waals surface area contributed by atoms with Crippen molar-refractivity contribution in [2.45, 2.75) is 12.8 Å². The van der Waals surface area contributed by atoms with Gasteiger partial charge in [0, 0.05) is 17.7 Å². The summed E-state index contributed by atoms with van der Waals surface area (Å²) in [7, 11) is 0. The van der Waals surface area contributed by atoms with Crippen molar-refractivity contribution >= 4 is 23.2 Å². The molecular weight excluding hydrogens is 455 g/mol. The van der Waals surface area contributed by atoms with Crippen molar-refractivity contribution in [2.75, 3.05) is 0 Å². The van der Waals surface area contributed by atoms with Gasteiger partial charge in [-0.2, -0.15) is 0 Å². The quantitative estimate of drug-likeness (QED) is 0.393. The number of nitrogens with zero attached hydrogens (tertiary/aromatic N) is 1. The van der Waals surface area contributed by atoms with E-state index in [1.165, 1.54) is 35.7 Å². The minimum atomic E-state index is -0.783. The van der Waals surface area contributed by atoms with Crippen LogP contribution in [0, 0.1) is 17.5 Å². The Morgan fingerprint density at radius 3 is 2.39 bits per heavy atom. The number of hydrogen-bond donors (Lipinski definition) is 2. The first-order valence-electron chi connectivity index (χ1n) is 9.75. The minimum absolute atomic E-state index is 0.0610. The molecule has 0 saturated carbocycles. The number of thiophene rings is 1. The maximum absolute atomic E-state index is 13.8. The topological polar surface area (TPSA) is 84.2 Å². The lowest BCUT2D eigenvalue weighted by molar-refractivity contribution is -0.121. The van der Waals surface area contributed by atoms with Gasteiger partial charge in [-0.15, -0.1) is 11.3 Å². The number of hydrogen-bond acceptors (Lipinski definition) is 5. The van der Waals surface area contributed by atoms with E-state index in [1.807, 2.05) is 0 Å². The lowest BCUT2D eigenvalue weighted by Crippen LogP contribution is -2.41. The van der Waals surface area contributed by atoms with Crippen LogP contribution in [0.1, 0.15) is 22.0 Å². The van der Waals surface area contributed by atoms with Gasteiger partial charge in [0.25, 0.3) is 5.91 Å². The molecule has 0 aliphatic rings. The van der Waals surface area contributed by atoms with Crippen molar-refractivity contribution in [1.29, 1.82) is 0 Å². The molecule has 2 N–H and O–H groups in total. The van der Waals surface area contributed by atoms with Crippen LogP contribution in [0.25, 0.3) is 21.8 Å². The predicted octanol–water partition coefficient (Wildman–Crippen LogP) is 4.88. The first kappa shape index (κ1) is 22.3. The Hall–Kier alpha value is -3.92. The first-order valence-corrected chi connectivity index (χ1v) is 10.6. The molecule has 2 aromatic carbocycles. The molecule has 0 radical (unpaired) electrons. The number of benzene rings is 2. The number of carbonyl (C=O) groups is 2. The van der Waals surface area contributed by atoms with Crippen molar-refractivity contribution in [3.63, 3.8) is 0 Å². The molecule has 33 heavy (non-hydrogen) atoms.